The number of hydrogen-bond donors (Lipinski definition) is 1. The molecule has 3 nitrogen and oxygen atoms in total. The van der Waals surface area contributed by atoms with Gasteiger partial charge in [0, 0.05) is 17.0 Å². The van der Waals surface area contributed by atoms with Gasteiger partial charge in [-0.15, -0.1) is 11.3 Å². The van der Waals surface area contributed by atoms with Gasteiger partial charge in [0.2, 0.25) is 5.91 Å². The molecular weight excluding hydrogens is 232 g/mol. The summed E-state index contributed by atoms with van der Waals surface area (Å²) in [6.45, 7) is 6.83. The second kappa shape index (κ2) is 7.43. The largest absolute Gasteiger partial charge is 0.351 e. The van der Waals surface area contributed by atoms with Gasteiger partial charge in [0.05, 0.1) is 11.6 Å². The van der Waals surface area contributed by atoms with Gasteiger partial charge in [-0.25, -0.2) is 4.98 Å². The van der Waals surface area contributed by atoms with Gasteiger partial charge < -0.3 is 5.32 Å². The molecule has 4 heteroatoms. The molecule has 1 unspecified atom stereocenters. The van der Waals surface area contributed by atoms with Gasteiger partial charge in [-0.3, -0.25) is 4.79 Å². The first-order valence-corrected chi connectivity index (χ1v) is 7.18. The van der Waals surface area contributed by atoms with Crippen LogP contribution in [0.2, 0.25) is 0 Å². The molecule has 0 saturated carbocycles. The maximum absolute atomic E-state index is 11.9. The normalized spacial score (nSPS) is 12.4. The highest BCUT2D eigenvalue weighted by atomic mass is 32.1. The van der Waals surface area contributed by atoms with Gasteiger partial charge in [0.25, 0.3) is 0 Å². The van der Waals surface area contributed by atoms with Crippen molar-refractivity contribution in [3.05, 3.63) is 16.1 Å². The van der Waals surface area contributed by atoms with Crippen LogP contribution in [0.5, 0.6) is 0 Å². The molecule has 0 aliphatic carbocycles. The van der Waals surface area contributed by atoms with Gasteiger partial charge >= 0.3 is 0 Å². The first-order chi connectivity index (χ1) is 8.17. The number of carbonyl (C=O) groups excluding carboxylic acids is 1. The first kappa shape index (κ1) is 14.2. The van der Waals surface area contributed by atoms with Crippen molar-refractivity contribution in [1.82, 2.24) is 10.3 Å². The summed E-state index contributed by atoms with van der Waals surface area (Å²) in [5.41, 5.74) is 0. The minimum atomic E-state index is 0.170. The summed E-state index contributed by atoms with van der Waals surface area (Å²) < 4.78 is 0. The Morgan fingerprint density at radius 1 is 1.53 bits per heavy atom. The average molecular weight is 254 g/mol. The van der Waals surface area contributed by atoms with E-state index in [9.17, 15) is 4.79 Å². The highest BCUT2D eigenvalue weighted by Gasteiger charge is 2.15. The van der Waals surface area contributed by atoms with Crippen LogP contribution in [0, 0.1) is 12.8 Å². The van der Waals surface area contributed by atoms with Crippen LogP contribution in [0.25, 0.3) is 0 Å². The Balaban J connectivity index is 2.36. The Labute approximate surface area is 108 Å². The molecule has 1 N–H and O–H groups in total. The van der Waals surface area contributed by atoms with Gasteiger partial charge in [-0.05, 0) is 19.8 Å². The zero-order valence-electron chi connectivity index (χ0n) is 11.0. The summed E-state index contributed by atoms with van der Waals surface area (Å²) >= 11 is 1.64. The molecule has 0 saturated heterocycles. The summed E-state index contributed by atoms with van der Waals surface area (Å²) in [5, 5.41) is 4.05. The van der Waals surface area contributed by atoms with Crippen molar-refractivity contribution < 1.29 is 4.79 Å². The van der Waals surface area contributed by atoms with Crippen LogP contribution in [-0.4, -0.2) is 10.9 Å². The summed E-state index contributed by atoms with van der Waals surface area (Å²) in [4.78, 5) is 17.2. The molecule has 0 fully saturated rings. The molecule has 1 atom stereocenters. The van der Waals surface area contributed by atoms with E-state index in [0.717, 1.165) is 35.6 Å². The van der Waals surface area contributed by atoms with Crippen molar-refractivity contribution >= 4 is 17.2 Å². The standard InChI is InChI=1S/C13H22N2OS/c1-4-6-7-11(5-2)13(16)15-9-12-8-14-10(3)17-12/h8,11H,4-7,9H2,1-3H3,(H,15,16). The molecule has 0 radical (unpaired) electrons. The topological polar surface area (TPSA) is 42.0 Å². The molecule has 0 aliphatic heterocycles. The number of nitrogens with zero attached hydrogens (tertiary/aromatic N) is 1. The predicted molar refractivity (Wildman–Crippen MR) is 72.0 cm³/mol. The monoisotopic (exact) mass is 254 g/mol. The highest BCUT2D eigenvalue weighted by molar-refractivity contribution is 7.11. The minimum absolute atomic E-state index is 0.170. The molecule has 0 bridgehead atoms. The number of aromatic nitrogens is 1. The fourth-order valence-electron chi connectivity index (χ4n) is 1.78. The van der Waals surface area contributed by atoms with Gasteiger partial charge in [-0.2, -0.15) is 0 Å². The SMILES string of the molecule is CCCCC(CC)C(=O)NCc1cnc(C)s1. The van der Waals surface area contributed by atoms with Gasteiger partial charge in [0.15, 0.2) is 0 Å². The van der Waals surface area contributed by atoms with Gasteiger partial charge in [0.1, 0.15) is 0 Å². The van der Waals surface area contributed by atoms with Crippen LogP contribution >= 0.6 is 11.3 Å². The van der Waals surface area contributed by atoms with E-state index in [1.54, 1.807) is 11.3 Å². The quantitative estimate of drug-likeness (QED) is 0.811. The number of unbranched alkanes of at least 4 members (excludes halogenated alkanes) is 1. The van der Waals surface area contributed by atoms with Gasteiger partial charge in [-0.1, -0.05) is 26.7 Å². The van der Waals surface area contributed by atoms with Crippen LogP contribution in [0.15, 0.2) is 6.20 Å². The molecule has 17 heavy (non-hydrogen) atoms. The van der Waals surface area contributed by atoms with Crippen molar-refractivity contribution in [1.29, 1.82) is 0 Å². The lowest BCUT2D eigenvalue weighted by atomic mass is 9.98. The minimum Gasteiger partial charge on any atom is -0.351 e. The van der Waals surface area contributed by atoms with E-state index >= 15 is 0 Å². The molecular formula is C13H22N2OS. The number of carbonyl (C=O) groups is 1. The Kier molecular flexibility index (Phi) is 6.19. The van der Waals surface area contributed by atoms with Crippen molar-refractivity contribution in [2.75, 3.05) is 0 Å². The number of aryl methyl sites for hydroxylation is 1. The zero-order valence-corrected chi connectivity index (χ0v) is 11.8. The second-order valence-corrected chi connectivity index (χ2v) is 5.63. The van der Waals surface area contributed by atoms with Crippen molar-refractivity contribution in [3.63, 3.8) is 0 Å². The summed E-state index contributed by atoms with van der Waals surface area (Å²) in [6, 6.07) is 0. The third-order valence-electron chi connectivity index (χ3n) is 2.88. The Morgan fingerprint density at radius 3 is 2.82 bits per heavy atom. The molecule has 1 heterocycles. The number of rotatable bonds is 7. The molecule has 0 spiro atoms. The smallest absolute Gasteiger partial charge is 0.223 e. The Bertz CT molecular complexity index is 349. The van der Waals surface area contributed by atoms with E-state index in [-0.39, 0.29) is 11.8 Å². The van der Waals surface area contributed by atoms with Crippen molar-refractivity contribution in [2.45, 2.75) is 53.0 Å². The lowest BCUT2D eigenvalue weighted by Crippen LogP contribution is -2.29. The van der Waals surface area contributed by atoms with Crippen LogP contribution in [0.3, 0.4) is 0 Å². The van der Waals surface area contributed by atoms with Crippen LogP contribution < -0.4 is 5.32 Å². The fraction of sp³-hybridized carbons (Fsp3) is 0.692. The average Bonchev–Trinajstić information content (AvgIpc) is 2.73. The third kappa shape index (κ3) is 4.86. The molecule has 1 amide bonds. The number of nitrogens with one attached hydrogen (secondary N) is 1. The second-order valence-electron chi connectivity index (χ2n) is 4.31. The molecule has 0 aromatic carbocycles. The van der Waals surface area contributed by atoms with Crippen LogP contribution in [-0.2, 0) is 11.3 Å². The Morgan fingerprint density at radius 2 is 2.29 bits per heavy atom. The zero-order chi connectivity index (χ0) is 12.7. The Hall–Kier alpha value is -0.900. The fourth-order valence-corrected chi connectivity index (χ4v) is 2.51. The highest BCUT2D eigenvalue weighted by Crippen LogP contribution is 2.14. The van der Waals surface area contributed by atoms with E-state index in [0.29, 0.717) is 6.54 Å². The molecule has 96 valence electrons. The molecule has 1 rings (SSSR count). The summed E-state index contributed by atoms with van der Waals surface area (Å²) in [6.07, 6.45) is 6.05. The van der Waals surface area contributed by atoms with Crippen molar-refractivity contribution in [3.8, 4) is 0 Å². The van der Waals surface area contributed by atoms with E-state index in [1.807, 2.05) is 13.1 Å². The number of amides is 1. The lowest BCUT2D eigenvalue weighted by molar-refractivity contribution is -0.125. The molecule has 0 aliphatic rings. The van der Waals surface area contributed by atoms with Crippen LogP contribution in [0.4, 0.5) is 0 Å². The van der Waals surface area contributed by atoms with Crippen LogP contribution in [0.1, 0.15) is 49.4 Å². The summed E-state index contributed by atoms with van der Waals surface area (Å²) in [7, 11) is 0. The molecule has 1 aromatic rings. The maximum atomic E-state index is 11.9. The number of thiazole rings is 1. The first-order valence-electron chi connectivity index (χ1n) is 6.36. The van der Waals surface area contributed by atoms with Crippen molar-refractivity contribution in [2.24, 2.45) is 5.92 Å². The third-order valence-corrected chi connectivity index (χ3v) is 3.79. The number of hydrogen-bond acceptors (Lipinski definition) is 3. The van der Waals surface area contributed by atoms with E-state index in [2.05, 4.69) is 24.1 Å². The molecule has 1 aromatic heterocycles. The van der Waals surface area contributed by atoms with E-state index < -0.39 is 0 Å². The predicted octanol–water partition coefficient (Wildman–Crippen LogP) is 3.28. The van der Waals surface area contributed by atoms with E-state index in [1.165, 1.54) is 0 Å². The summed E-state index contributed by atoms with van der Waals surface area (Å²) in [5.74, 6) is 0.357. The lowest BCUT2D eigenvalue weighted by Gasteiger charge is -2.13. The van der Waals surface area contributed by atoms with E-state index in [4.69, 9.17) is 0 Å². The maximum Gasteiger partial charge on any atom is 0.223 e.